The Labute approximate surface area is 382 Å². The van der Waals surface area contributed by atoms with Gasteiger partial charge in [0.15, 0.2) is 0 Å². The number of likely N-dealkylation sites (N-methyl/N-ethyl adjacent to an activating group) is 1. The number of hydrogen-bond acceptors (Lipinski definition) is 7. The van der Waals surface area contributed by atoms with Crippen LogP contribution in [0.15, 0.2) is 54.6 Å². The van der Waals surface area contributed by atoms with Crippen LogP contribution in [0.5, 0.6) is 0 Å². The quantitative estimate of drug-likeness (QED) is 0.0350. The smallest absolute Gasteiger partial charge is 0.245 e. The lowest BCUT2D eigenvalue weighted by atomic mass is 9.90. The minimum absolute atomic E-state index is 0.0509. The van der Waals surface area contributed by atoms with Gasteiger partial charge in [0.05, 0.1) is 52.9 Å². The second-order valence-electron chi connectivity index (χ2n) is 17.7. The number of ether oxygens (including phenoxy) is 6. The number of aryl methyl sites for hydroxylation is 1. The lowest BCUT2D eigenvalue weighted by Gasteiger charge is -2.18. The summed E-state index contributed by atoms with van der Waals surface area (Å²) in [6.07, 6.45) is 31.6. The van der Waals surface area contributed by atoms with E-state index in [0.29, 0.717) is 52.9 Å². The molecule has 0 aliphatic carbocycles. The van der Waals surface area contributed by atoms with Crippen molar-refractivity contribution in [3.05, 3.63) is 60.2 Å². The topological polar surface area (TPSA) is 84.5 Å². The van der Waals surface area contributed by atoms with Crippen molar-refractivity contribution in [3.63, 3.8) is 0 Å². The Hall–Kier alpha value is -2.85. The van der Waals surface area contributed by atoms with Crippen molar-refractivity contribution in [2.75, 3.05) is 79.7 Å². The molecule has 1 N–H and O–H groups in total. The molecule has 8 heteroatoms. The summed E-state index contributed by atoms with van der Waals surface area (Å²) in [5.74, 6) is -0.141. The van der Waals surface area contributed by atoms with E-state index < -0.39 is 0 Å². The van der Waals surface area contributed by atoms with Gasteiger partial charge in [-0.05, 0) is 63.6 Å². The molecule has 4 rings (SSSR count). The standard InChI is InChI=1S/C55H87NO7/c1-3-4-5-6-7-8-9-10-11-12-13-14-15-18-21-24-36-60-44-51(45-61-42-40-58-38-39-59-41-43-62-46-53(57)56-2)63-37-25-22-19-16-17-20-23-27-47-30-31-50-33-32-48-28-26-29-49-34-35-52(47)55(50)54(48)49/h26,28-35,51H,3-25,27,36-46H2,1-2H3,(H,56,57). The summed E-state index contributed by atoms with van der Waals surface area (Å²) >= 11 is 0. The number of hydrogen-bond donors (Lipinski definition) is 1. The highest BCUT2D eigenvalue weighted by molar-refractivity contribution is 6.23. The van der Waals surface area contributed by atoms with Gasteiger partial charge >= 0.3 is 0 Å². The van der Waals surface area contributed by atoms with Crippen LogP contribution in [0.4, 0.5) is 0 Å². The molecule has 4 aromatic carbocycles. The van der Waals surface area contributed by atoms with Gasteiger partial charge in [0, 0.05) is 20.3 Å². The van der Waals surface area contributed by atoms with Crippen molar-refractivity contribution in [2.45, 2.75) is 167 Å². The van der Waals surface area contributed by atoms with Crippen molar-refractivity contribution in [1.82, 2.24) is 5.32 Å². The summed E-state index contributed by atoms with van der Waals surface area (Å²) in [7, 11) is 1.59. The van der Waals surface area contributed by atoms with Crippen LogP contribution in [0.2, 0.25) is 0 Å². The third kappa shape index (κ3) is 22.8. The molecule has 0 aromatic heterocycles. The van der Waals surface area contributed by atoms with E-state index in [4.69, 9.17) is 28.4 Å². The van der Waals surface area contributed by atoms with E-state index in [1.807, 2.05) is 0 Å². The van der Waals surface area contributed by atoms with Crippen LogP contribution in [0.25, 0.3) is 32.3 Å². The van der Waals surface area contributed by atoms with Crippen molar-refractivity contribution < 1.29 is 33.2 Å². The van der Waals surface area contributed by atoms with E-state index in [2.05, 4.69) is 66.8 Å². The second kappa shape index (κ2) is 35.4. The predicted molar refractivity (Wildman–Crippen MR) is 264 cm³/mol. The minimum atomic E-state index is -0.141. The molecular formula is C55H87NO7. The SMILES string of the molecule is CCCCCCCCCCCCCCCCCCOCC(COCCOCCOCCOCC(=O)NC)OCCCCCCCCCc1ccc2ccc3cccc4ccc1c2c34. The van der Waals surface area contributed by atoms with E-state index in [1.54, 1.807) is 7.05 Å². The number of unbranched alkanes of at least 4 members (excludes halogenated alkanes) is 21. The number of benzene rings is 4. The molecule has 0 saturated heterocycles. The van der Waals surface area contributed by atoms with Gasteiger partial charge in [-0.15, -0.1) is 0 Å². The highest BCUT2D eigenvalue weighted by Gasteiger charge is 2.12. The fourth-order valence-electron chi connectivity index (χ4n) is 8.69. The Bertz CT molecular complexity index is 1680. The molecule has 1 atom stereocenters. The van der Waals surface area contributed by atoms with Crippen LogP contribution in [0.1, 0.15) is 160 Å². The second-order valence-corrected chi connectivity index (χ2v) is 17.7. The van der Waals surface area contributed by atoms with Gasteiger partial charge in [-0.25, -0.2) is 0 Å². The zero-order valence-electron chi connectivity index (χ0n) is 39.9. The largest absolute Gasteiger partial charge is 0.379 e. The maximum absolute atomic E-state index is 11.2. The Kier molecular flexibility index (Phi) is 29.7. The molecule has 0 aliphatic rings. The third-order valence-electron chi connectivity index (χ3n) is 12.4. The van der Waals surface area contributed by atoms with Crippen molar-refractivity contribution in [3.8, 4) is 0 Å². The van der Waals surface area contributed by atoms with Crippen LogP contribution >= 0.6 is 0 Å². The maximum atomic E-state index is 11.2. The maximum Gasteiger partial charge on any atom is 0.245 e. The van der Waals surface area contributed by atoms with Gasteiger partial charge < -0.3 is 33.7 Å². The van der Waals surface area contributed by atoms with E-state index >= 15 is 0 Å². The molecule has 0 fully saturated rings. The first-order valence-electron chi connectivity index (χ1n) is 25.6. The van der Waals surface area contributed by atoms with E-state index in [-0.39, 0.29) is 18.6 Å². The number of rotatable bonds is 43. The number of carbonyl (C=O) groups excluding carboxylic acids is 1. The van der Waals surface area contributed by atoms with Crippen LogP contribution < -0.4 is 5.32 Å². The van der Waals surface area contributed by atoms with Gasteiger partial charge in [0.2, 0.25) is 5.91 Å². The molecule has 0 aliphatic heterocycles. The summed E-state index contributed by atoms with van der Waals surface area (Å²) < 4.78 is 34.8. The monoisotopic (exact) mass is 874 g/mol. The molecule has 8 nitrogen and oxygen atoms in total. The van der Waals surface area contributed by atoms with Gasteiger partial charge in [0.25, 0.3) is 0 Å². The van der Waals surface area contributed by atoms with Gasteiger partial charge in [-0.3, -0.25) is 4.79 Å². The summed E-state index contributed by atoms with van der Waals surface area (Å²) in [4.78, 5) is 11.2. The molecule has 0 bridgehead atoms. The van der Waals surface area contributed by atoms with Gasteiger partial charge in [-0.1, -0.05) is 190 Å². The summed E-state index contributed by atoms with van der Waals surface area (Å²) in [5, 5.41) is 10.8. The lowest BCUT2D eigenvalue weighted by molar-refractivity contribution is -0.125. The highest BCUT2D eigenvalue weighted by atomic mass is 16.6. The van der Waals surface area contributed by atoms with Crippen molar-refractivity contribution >= 4 is 38.2 Å². The Morgan fingerprint density at radius 2 is 0.905 bits per heavy atom. The van der Waals surface area contributed by atoms with Crippen molar-refractivity contribution in [2.24, 2.45) is 0 Å². The Morgan fingerprint density at radius 3 is 1.48 bits per heavy atom. The first-order valence-corrected chi connectivity index (χ1v) is 25.6. The zero-order valence-corrected chi connectivity index (χ0v) is 39.9. The average molecular weight is 874 g/mol. The molecular weight excluding hydrogens is 787 g/mol. The summed E-state index contributed by atoms with van der Waals surface area (Å²) in [6.45, 7) is 7.73. The Balaban J connectivity index is 1.01. The first kappa shape index (κ1) is 52.8. The van der Waals surface area contributed by atoms with Crippen LogP contribution in [-0.4, -0.2) is 91.7 Å². The first-order chi connectivity index (χ1) is 31.2. The van der Waals surface area contributed by atoms with E-state index in [1.165, 1.54) is 173 Å². The predicted octanol–water partition coefficient (Wildman–Crippen LogP) is 13.3. The molecule has 4 aromatic rings. The average Bonchev–Trinajstić information content (AvgIpc) is 3.31. The molecule has 354 valence electrons. The zero-order chi connectivity index (χ0) is 44.3. The van der Waals surface area contributed by atoms with Gasteiger partial charge in [-0.2, -0.15) is 0 Å². The number of carbonyl (C=O) groups is 1. The molecule has 0 heterocycles. The highest BCUT2D eigenvalue weighted by Crippen LogP contribution is 2.36. The molecule has 1 amide bonds. The van der Waals surface area contributed by atoms with Crippen LogP contribution in [-0.2, 0) is 39.6 Å². The fraction of sp³-hybridized carbons (Fsp3) is 0.691. The summed E-state index contributed by atoms with van der Waals surface area (Å²) in [6, 6.07) is 20.5. The molecule has 1 unspecified atom stereocenters. The van der Waals surface area contributed by atoms with Crippen LogP contribution in [0.3, 0.4) is 0 Å². The summed E-state index contributed by atoms with van der Waals surface area (Å²) in [5.41, 5.74) is 1.49. The lowest BCUT2D eigenvalue weighted by Crippen LogP contribution is -2.27. The van der Waals surface area contributed by atoms with Crippen molar-refractivity contribution in [1.29, 1.82) is 0 Å². The van der Waals surface area contributed by atoms with E-state index in [0.717, 1.165) is 32.5 Å². The third-order valence-corrected chi connectivity index (χ3v) is 12.4. The molecule has 63 heavy (non-hydrogen) atoms. The van der Waals surface area contributed by atoms with Crippen LogP contribution in [0, 0.1) is 0 Å². The molecule has 0 spiro atoms. The van der Waals surface area contributed by atoms with Gasteiger partial charge in [0.1, 0.15) is 12.7 Å². The van der Waals surface area contributed by atoms with E-state index in [9.17, 15) is 4.79 Å². The minimum Gasteiger partial charge on any atom is -0.379 e. The normalized spacial score (nSPS) is 12.3. The number of amides is 1. The Morgan fingerprint density at radius 1 is 0.460 bits per heavy atom. The number of nitrogens with one attached hydrogen (secondary N) is 1. The fourth-order valence-corrected chi connectivity index (χ4v) is 8.69. The molecule has 0 saturated carbocycles. The molecule has 0 radical (unpaired) electrons.